The summed E-state index contributed by atoms with van der Waals surface area (Å²) < 4.78 is 33.8. The molecule has 0 amide bonds. The Morgan fingerprint density at radius 2 is 2.19 bits per heavy atom. The van der Waals surface area contributed by atoms with E-state index in [1.54, 1.807) is 12.3 Å². The van der Waals surface area contributed by atoms with Gasteiger partial charge < -0.3 is 9.29 Å². The van der Waals surface area contributed by atoms with Crippen molar-refractivity contribution in [2.24, 2.45) is 0 Å². The fourth-order valence-electron chi connectivity index (χ4n) is 3.70. The third kappa shape index (κ3) is 3.73. The van der Waals surface area contributed by atoms with Crippen molar-refractivity contribution in [3.8, 4) is 11.9 Å². The number of hydrogen-bond donors (Lipinski definition) is 1. The lowest BCUT2D eigenvalue weighted by Crippen LogP contribution is -2.56. The van der Waals surface area contributed by atoms with E-state index in [-0.39, 0.29) is 17.3 Å². The summed E-state index contributed by atoms with van der Waals surface area (Å²) in [6.07, 6.45) is 3.21. The molecular formula is C19H20N4O3S. The number of likely N-dealkylation sites (tertiary alicyclic amines) is 1. The molecule has 0 saturated carbocycles. The molecule has 27 heavy (non-hydrogen) atoms. The highest BCUT2D eigenvalue weighted by Gasteiger charge is 2.44. The monoisotopic (exact) mass is 384 g/mol. The van der Waals surface area contributed by atoms with Crippen LogP contribution in [0.1, 0.15) is 24.0 Å². The Kier molecular flexibility index (Phi) is 4.70. The second kappa shape index (κ2) is 7.02. The van der Waals surface area contributed by atoms with Crippen molar-refractivity contribution in [3.63, 3.8) is 0 Å². The van der Waals surface area contributed by atoms with Gasteiger partial charge in [-0.25, -0.2) is 4.98 Å². The number of nitrogens with one attached hydrogen (secondary N) is 1. The minimum Gasteiger partial charge on any atom is -0.593 e. The Morgan fingerprint density at radius 3 is 2.96 bits per heavy atom. The molecule has 140 valence electrons. The highest BCUT2D eigenvalue weighted by Crippen LogP contribution is 2.35. The van der Waals surface area contributed by atoms with Crippen LogP contribution in [0.4, 0.5) is 0 Å². The molecule has 1 saturated heterocycles. The van der Waals surface area contributed by atoms with Crippen LogP contribution < -0.4 is 9.46 Å². The van der Waals surface area contributed by atoms with Crippen molar-refractivity contribution in [1.29, 1.82) is 5.26 Å². The van der Waals surface area contributed by atoms with Crippen LogP contribution in [0.5, 0.6) is 5.88 Å². The number of fused-ring (bicyclic) bond motifs is 1. The molecule has 8 heteroatoms. The predicted octanol–water partition coefficient (Wildman–Crippen LogP) is 1.87. The maximum atomic E-state index is 12.5. The van der Waals surface area contributed by atoms with Crippen LogP contribution >= 0.6 is 0 Å². The topological polar surface area (TPSA) is 101 Å². The Bertz CT molecular complexity index is 927. The predicted molar refractivity (Wildman–Crippen MR) is 98.4 cm³/mol. The Hall–Kier alpha value is -2.31. The highest BCUT2D eigenvalue weighted by molar-refractivity contribution is 7.95. The van der Waals surface area contributed by atoms with Gasteiger partial charge in [0.1, 0.15) is 5.60 Å². The van der Waals surface area contributed by atoms with E-state index in [0.29, 0.717) is 12.1 Å². The lowest BCUT2D eigenvalue weighted by molar-refractivity contribution is -0.0106. The molecule has 3 heterocycles. The summed E-state index contributed by atoms with van der Waals surface area (Å²) in [6, 6.07) is 12.8. The third-order valence-corrected chi connectivity index (χ3v) is 6.45. The molecule has 2 aromatic rings. The van der Waals surface area contributed by atoms with E-state index in [4.69, 9.17) is 10.00 Å². The van der Waals surface area contributed by atoms with Gasteiger partial charge in [0.2, 0.25) is 4.90 Å². The first-order valence-electron chi connectivity index (χ1n) is 8.85. The number of nitriles is 1. The smallest absolute Gasteiger partial charge is 0.272 e. The van der Waals surface area contributed by atoms with Gasteiger partial charge in [0.05, 0.1) is 18.2 Å². The van der Waals surface area contributed by atoms with Crippen LogP contribution in [0.2, 0.25) is 0 Å². The van der Waals surface area contributed by atoms with Crippen LogP contribution in [0.3, 0.4) is 0 Å². The van der Waals surface area contributed by atoms with Gasteiger partial charge in [-0.1, -0.05) is 16.3 Å². The number of rotatable bonds is 2. The first-order valence-corrected chi connectivity index (χ1v) is 10.3. The quantitative estimate of drug-likeness (QED) is 0.793. The van der Waals surface area contributed by atoms with E-state index in [1.807, 2.05) is 24.3 Å². The summed E-state index contributed by atoms with van der Waals surface area (Å²) in [7, 11) is -3.62. The van der Waals surface area contributed by atoms with E-state index in [9.17, 15) is 8.76 Å². The van der Waals surface area contributed by atoms with Crippen molar-refractivity contribution in [2.45, 2.75) is 29.9 Å². The molecule has 0 bridgehead atoms. The van der Waals surface area contributed by atoms with E-state index in [2.05, 4.69) is 20.7 Å². The molecule has 0 aliphatic carbocycles. The zero-order valence-corrected chi connectivity index (χ0v) is 15.6. The Labute approximate surface area is 159 Å². The summed E-state index contributed by atoms with van der Waals surface area (Å²) in [5.41, 5.74) is 1.11. The van der Waals surface area contributed by atoms with Crippen molar-refractivity contribution in [3.05, 3.63) is 53.7 Å². The molecule has 7 nitrogen and oxygen atoms in total. The molecule has 2 unspecified atom stereocenters. The summed E-state index contributed by atoms with van der Waals surface area (Å²) in [5.74, 6) is 0.169. The maximum absolute atomic E-state index is 12.5. The Morgan fingerprint density at radius 1 is 1.37 bits per heavy atom. The molecule has 1 aromatic heterocycles. The van der Waals surface area contributed by atoms with Crippen molar-refractivity contribution >= 4 is 10.4 Å². The van der Waals surface area contributed by atoms with Gasteiger partial charge in [0.15, 0.2) is 10.4 Å². The molecule has 1 fully saturated rings. The number of benzene rings is 1. The van der Waals surface area contributed by atoms with Crippen LogP contribution in [0, 0.1) is 11.3 Å². The molecule has 2 aliphatic rings. The lowest BCUT2D eigenvalue weighted by Gasteiger charge is -2.41. The summed E-state index contributed by atoms with van der Waals surface area (Å²) in [6.45, 7) is 2.45. The van der Waals surface area contributed by atoms with Crippen molar-refractivity contribution in [2.75, 3.05) is 19.6 Å². The fourth-order valence-corrected chi connectivity index (χ4v) is 4.89. The van der Waals surface area contributed by atoms with Crippen LogP contribution in [0.25, 0.3) is 0 Å². The second-order valence-corrected chi connectivity index (χ2v) is 8.77. The van der Waals surface area contributed by atoms with Crippen LogP contribution in [-0.4, -0.2) is 39.7 Å². The molecular weight excluding hydrogens is 364 g/mol. The number of nitrogens with zero attached hydrogens (tertiary/aromatic N) is 3. The summed E-state index contributed by atoms with van der Waals surface area (Å²) in [5, 5.41) is 8.93. The first kappa shape index (κ1) is 18.1. The summed E-state index contributed by atoms with van der Waals surface area (Å²) in [4.78, 5) is 6.51. The van der Waals surface area contributed by atoms with Gasteiger partial charge >= 0.3 is 0 Å². The zero-order valence-electron chi connectivity index (χ0n) is 14.8. The van der Waals surface area contributed by atoms with Gasteiger partial charge in [-0.2, -0.15) is 5.26 Å². The van der Waals surface area contributed by atoms with Gasteiger partial charge in [-0.3, -0.25) is 4.90 Å². The average Bonchev–Trinajstić information content (AvgIpc) is 2.78. The lowest BCUT2D eigenvalue weighted by atomic mass is 9.92. The van der Waals surface area contributed by atoms with Gasteiger partial charge in [0.25, 0.3) is 5.88 Å². The fraction of sp³-hybridized carbons (Fsp3) is 0.368. The molecule has 4 rings (SSSR count). The minimum atomic E-state index is -3.62. The third-order valence-electron chi connectivity index (χ3n) is 5.03. The van der Waals surface area contributed by atoms with Gasteiger partial charge in [0, 0.05) is 25.4 Å². The van der Waals surface area contributed by atoms with E-state index in [0.717, 1.165) is 31.5 Å². The molecule has 0 radical (unpaired) electrons. The standard InChI is InChI=1S/C19H20N4O3S/c20-11-15-4-6-16(7-5-15)12-23-10-2-8-19(14-23)13-22-27(24,25)17-3-1-9-21-18(17)26-19/h1,3-7,9H,2,8,10,12-14H2,(H-,22,24,25). The highest BCUT2D eigenvalue weighted by atomic mass is 32.3. The SMILES string of the molecule is N#Cc1ccc(CN2CCCC3(CN[S+](=O)([O-])c4cccnc4O3)C2)cc1. The van der Waals surface area contributed by atoms with E-state index in [1.165, 1.54) is 6.07 Å². The number of hydrogen-bond acceptors (Lipinski definition) is 6. The van der Waals surface area contributed by atoms with Crippen LogP contribution in [-0.2, 0) is 21.2 Å². The van der Waals surface area contributed by atoms with Crippen molar-refractivity contribution < 1.29 is 13.5 Å². The van der Waals surface area contributed by atoms with Crippen LogP contribution in [0.15, 0.2) is 47.5 Å². The largest absolute Gasteiger partial charge is 0.593 e. The second-order valence-electron chi connectivity index (χ2n) is 7.04. The molecule has 2 aliphatic heterocycles. The number of ether oxygens (including phenoxy) is 1. The Balaban J connectivity index is 1.55. The van der Waals surface area contributed by atoms with Gasteiger partial charge in [-0.05, 0) is 43.1 Å². The molecule has 2 atom stereocenters. The number of aromatic nitrogens is 1. The maximum Gasteiger partial charge on any atom is 0.272 e. The number of piperidine rings is 1. The number of sulfonamides is 1. The normalized spacial score (nSPS) is 28.0. The van der Waals surface area contributed by atoms with Gasteiger partial charge in [-0.15, -0.1) is 4.72 Å². The first-order chi connectivity index (χ1) is 13.0. The van der Waals surface area contributed by atoms with Crippen molar-refractivity contribution in [1.82, 2.24) is 14.6 Å². The molecule has 1 aromatic carbocycles. The number of pyridine rings is 1. The minimum absolute atomic E-state index is 0.0890. The average molecular weight is 384 g/mol. The molecule has 1 spiro atoms. The van der Waals surface area contributed by atoms with E-state index < -0.39 is 16.0 Å². The zero-order chi connectivity index (χ0) is 18.9. The summed E-state index contributed by atoms with van der Waals surface area (Å²) >= 11 is 0. The van der Waals surface area contributed by atoms with E-state index >= 15 is 0 Å². The molecule has 1 N–H and O–H groups in total.